The zero-order chi connectivity index (χ0) is 10.4. The molecule has 0 saturated carbocycles. The monoisotopic (exact) mass is 259 g/mol. The molecule has 1 aromatic rings. The molecule has 0 aromatic heterocycles. The van der Waals surface area contributed by atoms with Crippen molar-refractivity contribution in [3.05, 3.63) is 34.3 Å². The van der Waals surface area contributed by atoms with Gasteiger partial charge in [0.1, 0.15) is 6.61 Å². The first-order valence-electron chi connectivity index (χ1n) is 3.94. The number of benzene rings is 1. The molecule has 0 saturated heterocycles. The summed E-state index contributed by atoms with van der Waals surface area (Å²) in [5, 5.41) is 0. The minimum atomic E-state index is -0.476. The molecule has 0 atom stereocenters. The van der Waals surface area contributed by atoms with Gasteiger partial charge in [0.25, 0.3) is 0 Å². The van der Waals surface area contributed by atoms with Gasteiger partial charge in [0.05, 0.1) is 0 Å². The second-order valence-electron chi connectivity index (χ2n) is 2.60. The quantitative estimate of drug-likeness (QED) is 0.656. The molecule has 0 spiro atoms. The van der Waals surface area contributed by atoms with E-state index in [1.807, 2.05) is 24.3 Å². The van der Waals surface area contributed by atoms with Gasteiger partial charge in [-0.25, -0.2) is 10.7 Å². The molecule has 5 heteroatoms. The Kier molecular flexibility index (Phi) is 4.58. The lowest BCUT2D eigenvalue weighted by atomic mass is 10.2. The lowest BCUT2D eigenvalue weighted by Crippen LogP contribution is -2.15. The summed E-state index contributed by atoms with van der Waals surface area (Å²) in [6.45, 7) is 0.00595. The van der Waals surface area contributed by atoms with Gasteiger partial charge in [-0.1, -0.05) is 28.1 Å². The van der Waals surface area contributed by atoms with Crippen LogP contribution in [-0.2, 0) is 21.0 Å². The van der Waals surface area contributed by atoms with Crippen LogP contribution in [-0.4, -0.2) is 12.6 Å². The molecule has 0 aliphatic rings. The van der Waals surface area contributed by atoms with Gasteiger partial charge in [-0.15, -0.1) is 0 Å². The van der Waals surface area contributed by atoms with Gasteiger partial charge >= 0.3 is 5.97 Å². The van der Waals surface area contributed by atoms with Crippen LogP contribution in [0.5, 0.6) is 0 Å². The van der Waals surface area contributed by atoms with E-state index in [0.717, 1.165) is 10.0 Å². The van der Waals surface area contributed by atoms with E-state index in [-0.39, 0.29) is 13.2 Å². The largest absolute Gasteiger partial charge is 0.459 e. The SMILES string of the molecule is NOCC(=O)OCc1ccc(Br)cc1. The number of ether oxygens (including phenoxy) is 1. The summed E-state index contributed by atoms with van der Waals surface area (Å²) >= 11 is 3.31. The predicted octanol–water partition coefficient (Wildman–Crippen LogP) is 1.38. The molecule has 1 rings (SSSR count). The van der Waals surface area contributed by atoms with Crippen molar-refractivity contribution in [1.82, 2.24) is 0 Å². The Labute approximate surface area is 90.1 Å². The molecule has 14 heavy (non-hydrogen) atoms. The zero-order valence-corrected chi connectivity index (χ0v) is 8.99. The standard InChI is InChI=1S/C9H10BrNO3/c10-8-3-1-7(2-4-8)5-13-9(12)6-14-11/h1-4H,5-6,11H2. The summed E-state index contributed by atoms with van der Waals surface area (Å²) in [4.78, 5) is 15.0. The summed E-state index contributed by atoms with van der Waals surface area (Å²) < 4.78 is 5.83. The summed E-state index contributed by atoms with van der Waals surface area (Å²) in [5.41, 5.74) is 0.915. The molecular formula is C9H10BrNO3. The van der Waals surface area contributed by atoms with Crippen molar-refractivity contribution in [2.75, 3.05) is 6.61 Å². The van der Waals surface area contributed by atoms with Gasteiger partial charge in [0.15, 0.2) is 6.61 Å². The van der Waals surface area contributed by atoms with Gasteiger partial charge < -0.3 is 4.74 Å². The maximum absolute atomic E-state index is 10.8. The molecule has 0 amide bonds. The molecule has 2 N–H and O–H groups in total. The highest BCUT2D eigenvalue weighted by Crippen LogP contribution is 2.11. The second kappa shape index (κ2) is 5.74. The van der Waals surface area contributed by atoms with Crippen molar-refractivity contribution in [3.8, 4) is 0 Å². The van der Waals surface area contributed by atoms with Crippen LogP contribution in [0, 0.1) is 0 Å². The number of carbonyl (C=O) groups excluding carboxylic acids is 1. The molecule has 0 radical (unpaired) electrons. The van der Waals surface area contributed by atoms with Crippen LogP contribution in [0.3, 0.4) is 0 Å². The van der Waals surface area contributed by atoms with Crippen molar-refractivity contribution < 1.29 is 14.4 Å². The van der Waals surface area contributed by atoms with E-state index in [1.54, 1.807) is 0 Å². The Bertz CT molecular complexity index is 299. The molecule has 0 bridgehead atoms. The molecule has 4 nitrogen and oxygen atoms in total. The third-order valence-corrected chi connectivity index (χ3v) is 2.04. The topological polar surface area (TPSA) is 61.5 Å². The molecule has 76 valence electrons. The van der Waals surface area contributed by atoms with Crippen LogP contribution in [0.1, 0.15) is 5.56 Å². The highest BCUT2D eigenvalue weighted by Gasteiger charge is 2.01. The minimum Gasteiger partial charge on any atom is -0.459 e. The Hall–Kier alpha value is -0.910. The van der Waals surface area contributed by atoms with Gasteiger partial charge in [0.2, 0.25) is 0 Å². The highest BCUT2D eigenvalue weighted by molar-refractivity contribution is 9.10. The van der Waals surface area contributed by atoms with Crippen LogP contribution in [0.15, 0.2) is 28.7 Å². The number of hydrogen-bond donors (Lipinski definition) is 1. The molecule has 0 aliphatic heterocycles. The first-order chi connectivity index (χ1) is 6.72. The normalized spacial score (nSPS) is 9.86. The number of nitrogens with two attached hydrogens (primary N) is 1. The molecule has 1 aromatic carbocycles. The van der Waals surface area contributed by atoms with Crippen molar-refractivity contribution in [2.45, 2.75) is 6.61 Å². The van der Waals surface area contributed by atoms with Crippen molar-refractivity contribution in [3.63, 3.8) is 0 Å². The maximum atomic E-state index is 10.8. The van der Waals surface area contributed by atoms with Crippen LogP contribution in [0.2, 0.25) is 0 Å². The molecule has 0 aliphatic carbocycles. The summed E-state index contributed by atoms with van der Waals surface area (Å²) in [6, 6.07) is 7.48. The first kappa shape index (κ1) is 11.2. The second-order valence-corrected chi connectivity index (χ2v) is 3.51. The van der Waals surface area contributed by atoms with Gasteiger partial charge in [-0.3, -0.25) is 4.84 Å². The first-order valence-corrected chi connectivity index (χ1v) is 4.73. The fourth-order valence-electron chi connectivity index (χ4n) is 0.854. The van der Waals surface area contributed by atoms with E-state index >= 15 is 0 Å². The number of carbonyl (C=O) groups is 1. The predicted molar refractivity (Wildman–Crippen MR) is 54.1 cm³/mol. The van der Waals surface area contributed by atoms with E-state index in [0.29, 0.717) is 0 Å². The summed E-state index contributed by atoms with van der Waals surface area (Å²) in [7, 11) is 0. The van der Waals surface area contributed by atoms with E-state index in [4.69, 9.17) is 10.6 Å². The van der Waals surface area contributed by atoms with Gasteiger partial charge in [0, 0.05) is 4.47 Å². The van der Waals surface area contributed by atoms with Crippen molar-refractivity contribution in [1.29, 1.82) is 0 Å². The number of rotatable bonds is 4. The van der Waals surface area contributed by atoms with Crippen LogP contribution < -0.4 is 5.90 Å². The Morgan fingerprint density at radius 2 is 2.00 bits per heavy atom. The fraction of sp³-hybridized carbons (Fsp3) is 0.222. The fourth-order valence-corrected chi connectivity index (χ4v) is 1.12. The average molecular weight is 260 g/mol. The highest BCUT2D eigenvalue weighted by atomic mass is 79.9. The van der Waals surface area contributed by atoms with Gasteiger partial charge in [-0.2, -0.15) is 0 Å². The molecule has 0 heterocycles. The average Bonchev–Trinajstić information content (AvgIpc) is 2.17. The molecular weight excluding hydrogens is 250 g/mol. The number of halogens is 1. The Balaban J connectivity index is 2.38. The number of hydrogen-bond acceptors (Lipinski definition) is 4. The lowest BCUT2D eigenvalue weighted by Gasteiger charge is -2.03. The smallest absolute Gasteiger partial charge is 0.334 e. The van der Waals surface area contributed by atoms with Crippen molar-refractivity contribution >= 4 is 21.9 Å². The Morgan fingerprint density at radius 1 is 1.36 bits per heavy atom. The zero-order valence-electron chi connectivity index (χ0n) is 7.40. The summed E-state index contributed by atoms with van der Waals surface area (Å²) in [5.74, 6) is 4.23. The molecule has 0 unspecified atom stereocenters. The van der Waals surface area contributed by atoms with Crippen LogP contribution >= 0.6 is 15.9 Å². The number of esters is 1. The van der Waals surface area contributed by atoms with E-state index in [1.165, 1.54) is 0 Å². The maximum Gasteiger partial charge on any atom is 0.334 e. The van der Waals surface area contributed by atoms with Gasteiger partial charge in [-0.05, 0) is 17.7 Å². The minimum absolute atomic E-state index is 0.226. The third-order valence-electron chi connectivity index (χ3n) is 1.51. The lowest BCUT2D eigenvalue weighted by molar-refractivity contribution is -0.150. The van der Waals surface area contributed by atoms with Crippen LogP contribution in [0.25, 0.3) is 0 Å². The van der Waals surface area contributed by atoms with E-state index < -0.39 is 5.97 Å². The Morgan fingerprint density at radius 3 is 2.57 bits per heavy atom. The third kappa shape index (κ3) is 3.87. The molecule has 0 fully saturated rings. The van der Waals surface area contributed by atoms with Crippen molar-refractivity contribution in [2.24, 2.45) is 5.90 Å². The van der Waals surface area contributed by atoms with Crippen LogP contribution in [0.4, 0.5) is 0 Å². The summed E-state index contributed by atoms with van der Waals surface area (Å²) in [6.07, 6.45) is 0. The van der Waals surface area contributed by atoms with E-state index in [9.17, 15) is 4.79 Å². The van der Waals surface area contributed by atoms with E-state index in [2.05, 4.69) is 20.8 Å².